The highest BCUT2D eigenvalue weighted by atomic mass is 35.5. The van der Waals surface area contributed by atoms with Crippen molar-refractivity contribution in [3.05, 3.63) is 105 Å². The van der Waals surface area contributed by atoms with Gasteiger partial charge in [0.25, 0.3) is 0 Å². The average Bonchev–Trinajstić information content (AvgIpc) is 3.15. The maximum Gasteiger partial charge on any atom is 0.416 e. The van der Waals surface area contributed by atoms with Crippen LogP contribution in [0.5, 0.6) is 17.2 Å². The Morgan fingerprint density at radius 2 is 1.03 bits per heavy atom. The van der Waals surface area contributed by atoms with Crippen LogP contribution in [-0.4, -0.2) is 45.5 Å². The lowest BCUT2D eigenvalue weighted by Crippen LogP contribution is -2.43. The average molecular weight is 870 g/mol. The molecule has 6 amide bonds. The van der Waals surface area contributed by atoms with Crippen LogP contribution in [0.15, 0.2) is 78.9 Å². The lowest BCUT2D eigenvalue weighted by molar-refractivity contribution is -0.137. The molecular formula is C40H46Cl3F3N6O6. The standard InChI is InChI=1S/C15H12ClF3N2O2.C14H19ClN2O2.C11H15ClN2O2/c16-11-2-1-3-12(13(11)22)21-14(23)20-8-9-4-6-10(7-5-9)15(17,18)19;15-11-7-4-8-12(13(11)18)17-14(19)16-9-10-5-2-1-3-6-10;1-11(2,3)14-10(16)13-8-6-4-5-7(12)9(8)15/h1-7,22H,8H2,(H2,20,21,23);4,7-8,10,18H,1-3,5-6,9H2,(H2,16,17,19);4-6,15H,1-3H3,(H2,13,14,16). The zero-order valence-corrected chi connectivity index (χ0v) is 34.1. The van der Waals surface area contributed by atoms with Gasteiger partial charge in [-0.2, -0.15) is 13.2 Å². The molecule has 0 unspecified atom stereocenters. The Morgan fingerprint density at radius 1 is 0.621 bits per heavy atom. The first kappa shape index (κ1) is 47.1. The molecule has 1 fully saturated rings. The van der Waals surface area contributed by atoms with Crippen LogP contribution >= 0.6 is 34.8 Å². The summed E-state index contributed by atoms with van der Waals surface area (Å²) in [6.07, 6.45) is 1.78. The summed E-state index contributed by atoms with van der Waals surface area (Å²) in [4.78, 5) is 35.0. The van der Waals surface area contributed by atoms with Gasteiger partial charge >= 0.3 is 24.3 Å². The molecule has 1 aliphatic rings. The fourth-order valence-corrected chi connectivity index (χ4v) is 5.82. The number of para-hydroxylation sites is 3. The van der Waals surface area contributed by atoms with E-state index in [1.54, 1.807) is 42.5 Å². The van der Waals surface area contributed by atoms with Crippen molar-refractivity contribution in [1.82, 2.24) is 16.0 Å². The SMILES string of the molecule is CC(C)(C)NC(=O)Nc1cccc(Cl)c1O.O=C(NCC1CCCCC1)Nc1cccc(Cl)c1O.O=C(NCc1ccc(C(F)(F)F)cc1)Nc1cccc(Cl)c1O. The van der Waals surface area contributed by atoms with Crippen molar-refractivity contribution >= 4 is 70.0 Å². The molecule has 0 spiro atoms. The van der Waals surface area contributed by atoms with Crippen molar-refractivity contribution in [3.63, 3.8) is 0 Å². The Bertz CT molecular complexity index is 1990. The molecule has 0 radical (unpaired) electrons. The van der Waals surface area contributed by atoms with Crippen LogP contribution in [0.2, 0.25) is 15.1 Å². The Kier molecular flexibility index (Phi) is 17.9. The topological polar surface area (TPSA) is 184 Å². The normalized spacial score (nSPS) is 12.7. The van der Waals surface area contributed by atoms with Crippen molar-refractivity contribution in [1.29, 1.82) is 0 Å². The van der Waals surface area contributed by atoms with Gasteiger partial charge in [-0.05, 0) is 93.6 Å². The minimum atomic E-state index is -4.40. The van der Waals surface area contributed by atoms with Crippen LogP contribution in [0.1, 0.15) is 64.0 Å². The number of nitrogens with one attached hydrogen (secondary N) is 6. The number of rotatable bonds is 7. The first-order valence-corrected chi connectivity index (χ1v) is 19.1. The van der Waals surface area contributed by atoms with Crippen LogP contribution in [0, 0.1) is 5.92 Å². The highest BCUT2D eigenvalue weighted by Gasteiger charge is 2.30. The summed E-state index contributed by atoms with van der Waals surface area (Å²) in [5.74, 6) is 0.0801. The third-order valence-electron chi connectivity index (χ3n) is 8.20. The molecule has 0 heterocycles. The van der Waals surface area contributed by atoms with E-state index in [-0.39, 0.29) is 67.8 Å². The van der Waals surface area contributed by atoms with Gasteiger partial charge < -0.3 is 47.2 Å². The molecular weight excluding hydrogens is 824 g/mol. The molecule has 9 N–H and O–H groups in total. The molecule has 1 saturated carbocycles. The summed E-state index contributed by atoms with van der Waals surface area (Å²) >= 11 is 17.2. The Hall–Kier alpha value is -5.25. The second kappa shape index (κ2) is 22.0. The van der Waals surface area contributed by atoms with Gasteiger partial charge in [0.2, 0.25) is 0 Å². The first-order chi connectivity index (χ1) is 27.2. The lowest BCUT2D eigenvalue weighted by atomic mass is 9.89. The Labute approximate surface area is 349 Å². The fraction of sp³-hybridized carbons (Fsp3) is 0.325. The van der Waals surface area contributed by atoms with Gasteiger partial charge in [-0.15, -0.1) is 0 Å². The van der Waals surface area contributed by atoms with Crippen LogP contribution in [-0.2, 0) is 12.7 Å². The summed E-state index contributed by atoms with van der Waals surface area (Å²) in [7, 11) is 0. The molecule has 4 aromatic carbocycles. The molecule has 0 aliphatic heterocycles. The zero-order valence-electron chi connectivity index (χ0n) is 31.9. The highest BCUT2D eigenvalue weighted by Crippen LogP contribution is 2.33. The number of alkyl halides is 3. The molecule has 0 saturated heterocycles. The van der Waals surface area contributed by atoms with Crippen molar-refractivity contribution in [2.75, 3.05) is 22.5 Å². The number of benzene rings is 4. The van der Waals surface area contributed by atoms with E-state index in [9.17, 15) is 42.9 Å². The summed E-state index contributed by atoms with van der Waals surface area (Å²) in [6.45, 7) is 6.32. The van der Waals surface area contributed by atoms with Gasteiger partial charge in [0, 0.05) is 18.6 Å². The van der Waals surface area contributed by atoms with Crippen LogP contribution < -0.4 is 31.9 Å². The Morgan fingerprint density at radius 3 is 1.45 bits per heavy atom. The molecule has 314 valence electrons. The zero-order chi connectivity index (χ0) is 43.0. The monoisotopic (exact) mass is 868 g/mol. The van der Waals surface area contributed by atoms with Gasteiger partial charge in [-0.3, -0.25) is 0 Å². The van der Waals surface area contributed by atoms with Gasteiger partial charge in [0.05, 0.1) is 37.7 Å². The third-order valence-corrected chi connectivity index (χ3v) is 9.12. The minimum absolute atomic E-state index is 0.0330. The number of phenols is 3. The number of halogens is 6. The van der Waals surface area contributed by atoms with Crippen molar-refractivity contribution < 1.29 is 42.9 Å². The number of hydrogen-bond donors (Lipinski definition) is 9. The number of phenolic OH excluding ortho intramolecular Hbond substituents is 3. The molecule has 0 aromatic heterocycles. The number of amides is 6. The van der Waals surface area contributed by atoms with Crippen LogP contribution in [0.4, 0.5) is 44.6 Å². The number of hydrogen-bond acceptors (Lipinski definition) is 6. The van der Waals surface area contributed by atoms with Crippen molar-refractivity contribution in [3.8, 4) is 17.2 Å². The summed E-state index contributed by atoms with van der Waals surface area (Å²) in [6, 6.07) is 17.2. The minimum Gasteiger partial charge on any atom is -0.504 e. The molecule has 18 heteroatoms. The maximum atomic E-state index is 12.4. The number of urea groups is 3. The van der Waals surface area contributed by atoms with E-state index in [2.05, 4.69) is 31.9 Å². The summed E-state index contributed by atoms with van der Waals surface area (Å²) in [5.41, 5.74) is 0.154. The molecule has 0 atom stereocenters. The highest BCUT2D eigenvalue weighted by molar-refractivity contribution is 6.33. The smallest absolute Gasteiger partial charge is 0.416 e. The maximum absolute atomic E-state index is 12.4. The van der Waals surface area contributed by atoms with Crippen molar-refractivity contribution in [2.45, 2.75) is 71.1 Å². The number of anilines is 3. The first-order valence-electron chi connectivity index (χ1n) is 18.0. The molecule has 12 nitrogen and oxygen atoms in total. The summed E-state index contributed by atoms with van der Waals surface area (Å²) < 4.78 is 37.3. The van der Waals surface area contributed by atoms with E-state index < -0.39 is 17.8 Å². The predicted octanol–water partition coefficient (Wildman–Crippen LogP) is 11.1. The van der Waals surface area contributed by atoms with Gasteiger partial charge in [0.1, 0.15) is 0 Å². The number of carbonyl (C=O) groups excluding carboxylic acids is 3. The summed E-state index contributed by atoms with van der Waals surface area (Å²) in [5, 5.41) is 45.0. The van der Waals surface area contributed by atoms with Gasteiger partial charge in [-0.1, -0.05) is 84.4 Å². The van der Waals surface area contributed by atoms with Crippen LogP contribution in [0.3, 0.4) is 0 Å². The van der Waals surface area contributed by atoms with E-state index in [1.807, 2.05) is 20.8 Å². The molecule has 5 rings (SSSR count). The van der Waals surface area contributed by atoms with Crippen LogP contribution in [0.25, 0.3) is 0 Å². The van der Waals surface area contributed by atoms with Gasteiger partial charge in [0.15, 0.2) is 17.2 Å². The second-order valence-corrected chi connectivity index (χ2v) is 15.3. The molecule has 4 aromatic rings. The molecule has 58 heavy (non-hydrogen) atoms. The quantitative estimate of drug-likeness (QED) is 0.0833. The molecule has 1 aliphatic carbocycles. The van der Waals surface area contributed by atoms with Crippen molar-refractivity contribution in [2.24, 2.45) is 5.92 Å². The largest absolute Gasteiger partial charge is 0.504 e. The fourth-order valence-electron chi connectivity index (χ4n) is 5.30. The lowest BCUT2D eigenvalue weighted by Gasteiger charge is -2.21. The third kappa shape index (κ3) is 16.3. The second-order valence-electron chi connectivity index (χ2n) is 14.1. The van der Waals surface area contributed by atoms with Gasteiger partial charge in [-0.25, -0.2) is 14.4 Å². The Balaban J connectivity index is 0.000000237. The van der Waals surface area contributed by atoms with E-state index in [0.29, 0.717) is 23.7 Å². The predicted molar refractivity (Wildman–Crippen MR) is 222 cm³/mol. The number of aromatic hydroxyl groups is 3. The van der Waals surface area contributed by atoms with E-state index in [0.717, 1.165) is 12.1 Å². The number of carbonyl (C=O) groups is 3. The van der Waals surface area contributed by atoms with E-state index >= 15 is 0 Å². The van der Waals surface area contributed by atoms with E-state index in [1.165, 1.54) is 56.4 Å². The molecule has 0 bridgehead atoms. The van der Waals surface area contributed by atoms with E-state index in [4.69, 9.17) is 34.8 Å².